The van der Waals surface area contributed by atoms with E-state index in [2.05, 4.69) is 4.98 Å². The number of fused-ring (bicyclic) bond motifs is 1. The highest BCUT2D eigenvalue weighted by atomic mass is 35.5. The lowest BCUT2D eigenvalue weighted by Gasteiger charge is -2.38. The van der Waals surface area contributed by atoms with Crippen LogP contribution in [0, 0.1) is 0 Å². The maximum atomic E-state index is 14.4. The van der Waals surface area contributed by atoms with Gasteiger partial charge in [-0.3, -0.25) is 9.78 Å². The molecular formula is C25H22ClF3N2O3S. The highest BCUT2D eigenvalue weighted by molar-refractivity contribution is 7.17. The number of alkyl halides is 3. The molecule has 4 rings (SSSR count). The molecule has 0 saturated carbocycles. The van der Waals surface area contributed by atoms with Gasteiger partial charge in [0.05, 0.1) is 16.8 Å². The molecule has 1 unspecified atom stereocenters. The zero-order chi connectivity index (χ0) is 25.6. The maximum Gasteiger partial charge on any atom is 0.418 e. The molecule has 1 atom stereocenters. The summed E-state index contributed by atoms with van der Waals surface area (Å²) in [5.74, 6) is -0.182. The zero-order valence-electron chi connectivity index (χ0n) is 18.8. The van der Waals surface area contributed by atoms with Crippen LogP contribution >= 0.6 is 22.9 Å². The van der Waals surface area contributed by atoms with Crippen LogP contribution in [0.1, 0.15) is 25.8 Å². The van der Waals surface area contributed by atoms with Gasteiger partial charge in [0.25, 0.3) is 0 Å². The third-order valence-electron chi connectivity index (χ3n) is 6.06. The van der Waals surface area contributed by atoms with Gasteiger partial charge < -0.3 is 14.8 Å². The number of hydrogen-bond acceptors (Lipinski definition) is 5. The van der Waals surface area contributed by atoms with Crippen molar-refractivity contribution < 1.29 is 23.4 Å². The fourth-order valence-electron chi connectivity index (χ4n) is 4.35. The minimum absolute atomic E-state index is 0.182. The Bertz CT molecular complexity index is 1430. The Labute approximate surface area is 208 Å². The number of aliphatic hydroxyl groups is 1. The van der Waals surface area contributed by atoms with Gasteiger partial charge in [-0.2, -0.15) is 13.2 Å². The van der Waals surface area contributed by atoms with E-state index in [1.807, 2.05) is 0 Å². The summed E-state index contributed by atoms with van der Waals surface area (Å²) in [7, 11) is 0. The summed E-state index contributed by atoms with van der Waals surface area (Å²) in [5, 5.41) is 23.0. The number of aromatic nitrogens is 2. The minimum Gasteiger partial charge on any atom is -0.508 e. The summed E-state index contributed by atoms with van der Waals surface area (Å²) in [6.07, 6.45) is -1.45. The predicted octanol–water partition coefficient (Wildman–Crippen LogP) is 6.15. The molecule has 0 amide bonds. The Balaban J connectivity index is 1.76. The second-order valence-corrected chi connectivity index (χ2v) is 10.5. The molecule has 2 N–H and O–H groups in total. The Kier molecular flexibility index (Phi) is 6.46. The smallest absolute Gasteiger partial charge is 0.418 e. The molecule has 1 aromatic carbocycles. The van der Waals surface area contributed by atoms with Crippen LogP contribution in [0.5, 0.6) is 5.75 Å². The number of nitrogens with zero attached hydrogens (tertiary/aromatic N) is 2. The largest absolute Gasteiger partial charge is 0.508 e. The molecule has 0 spiro atoms. The molecule has 4 aromatic rings. The number of rotatable bonds is 6. The SMILES string of the molecule is CC(C)(CC(O)(Cn1cc(Cl)c(=O)c2sccc21)C(F)(F)F)c1cc(-c2cccnc2)ccc1O. The van der Waals surface area contributed by atoms with Gasteiger partial charge in [-0.15, -0.1) is 11.3 Å². The van der Waals surface area contributed by atoms with Gasteiger partial charge in [0.1, 0.15) is 10.8 Å². The Morgan fingerprint density at radius 2 is 1.89 bits per heavy atom. The molecule has 3 heterocycles. The Morgan fingerprint density at radius 1 is 1.14 bits per heavy atom. The number of hydrogen-bond donors (Lipinski definition) is 2. The normalized spacial score (nSPS) is 14.3. The number of aromatic hydroxyl groups is 1. The first kappa shape index (κ1) is 25.2. The van der Waals surface area contributed by atoms with Crippen LogP contribution in [0.4, 0.5) is 13.2 Å². The monoisotopic (exact) mass is 522 g/mol. The Morgan fingerprint density at radius 3 is 2.54 bits per heavy atom. The molecule has 0 radical (unpaired) electrons. The van der Waals surface area contributed by atoms with Crippen molar-refractivity contribution in [3.05, 3.63) is 81.2 Å². The van der Waals surface area contributed by atoms with Crippen LogP contribution in [0.2, 0.25) is 5.02 Å². The quantitative estimate of drug-likeness (QED) is 0.319. The average Bonchev–Trinajstić information content (AvgIpc) is 3.27. The topological polar surface area (TPSA) is 75.4 Å². The highest BCUT2D eigenvalue weighted by Gasteiger charge is 2.56. The third kappa shape index (κ3) is 4.80. The number of halogens is 4. The lowest BCUT2D eigenvalue weighted by molar-refractivity contribution is -0.271. The van der Waals surface area contributed by atoms with Crippen molar-refractivity contribution in [2.45, 2.75) is 44.0 Å². The van der Waals surface area contributed by atoms with Crippen LogP contribution in [-0.4, -0.2) is 31.5 Å². The molecule has 10 heteroatoms. The molecule has 184 valence electrons. The standard InChI is InChI=1S/C25H22ClF3N2O3S/c1-23(2,17-10-15(5-6-20(17)32)16-4-3-8-30-11-16)13-24(34,25(27,28)29)14-31-12-18(26)21(33)22-19(31)7-9-35-22/h3-12,32,34H,13-14H2,1-2H3. The fraction of sp³-hybridized carbons (Fsp3) is 0.280. The molecule has 0 saturated heterocycles. The van der Waals surface area contributed by atoms with Crippen LogP contribution in [0.15, 0.2) is 65.2 Å². The van der Waals surface area contributed by atoms with Gasteiger partial charge in [0.2, 0.25) is 5.43 Å². The average molecular weight is 523 g/mol. The lowest BCUT2D eigenvalue weighted by Crippen LogP contribution is -2.52. The second-order valence-electron chi connectivity index (χ2n) is 9.13. The summed E-state index contributed by atoms with van der Waals surface area (Å²) < 4.78 is 44.5. The minimum atomic E-state index is -5.02. The van der Waals surface area contributed by atoms with Crippen molar-refractivity contribution in [1.82, 2.24) is 9.55 Å². The molecule has 35 heavy (non-hydrogen) atoms. The maximum absolute atomic E-state index is 14.4. The predicted molar refractivity (Wildman–Crippen MR) is 131 cm³/mol. The Hall–Kier alpha value is -2.88. The first-order valence-corrected chi connectivity index (χ1v) is 11.9. The van der Waals surface area contributed by atoms with E-state index in [0.29, 0.717) is 5.56 Å². The van der Waals surface area contributed by atoms with E-state index in [0.717, 1.165) is 27.7 Å². The van der Waals surface area contributed by atoms with Gasteiger partial charge in [-0.05, 0) is 47.0 Å². The number of benzene rings is 1. The van der Waals surface area contributed by atoms with Crippen LogP contribution in [0.3, 0.4) is 0 Å². The van der Waals surface area contributed by atoms with Crippen molar-refractivity contribution in [3.63, 3.8) is 0 Å². The summed E-state index contributed by atoms with van der Waals surface area (Å²) in [5.41, 5.74) is -3.06. The van der Waals surface area contributed by atoms with E-state index in [1.54, 1.807) is 42.0 Å². The van der Waals surface area contributed by atoms with Gasteiger partial charge in [-0.1, -0.05) is 37.6 Å². The summed E-state index contributed by atoms with van der Waals surface area (Å²) in [6, 6.07) is 9.73. The van der Waals surface area contributed by atoms with Gasteiger partial charge >= 0.3 is 6.18 Å². The van der Waals surface area contributed by atoms with E-state index >= 15 is 0 Å². The fourth-order valence-corrected chi connectivity index (χ4v) is 5.47. The van der Waals surface area contributed by atoms with Gasteiger partial charge in [-0.25, -0.2) is 0 Å². The first-order chi connectivity index (χ1) is 16.3. The molecule has 0 aliphatic rings. The van der Waals surface area contributed by atoms with Crippen molar-refractivity contribution in [2.24, 2.45) is 0 Å². The van der Waals surface area contributed by atoms with Gasteiger partial charge in [0.15, 0.2) is 5.60 Å². The number of phenolic OH excluding ortho intramolecular Hbond substituents is 1. The lowest BCUT2D eigenvalue weighted by atomic mass is 9.74. The molecule has 0 fully saturated rings. The molecule has 5 nitrogen and oxygen atoms in total. The van der Waals surface area contributed by atoms with E-state index in [1.165, 1.54) is 26.0 Å². The van der Waals surface area contributed by atoms with Crippen molar-refractivity contribution in [2.75, 3.05) is 0 Å². The molecular weight excluding hydrogens is 501 g/mol. The molecule has 0 aliphatic carbocycles. The van der Waals surface area contributed by atoms with Crippen LogP contribution in [0.25, 0.3) is 21.3 Å². The highest BCUT2D eigenvalue weighted by Crippen LogP contribution is 2.45. The second kappa shape index (κ2) is 8.96. The number of pyridine rings is 2. The third-order valence-corrected chi connectivity index (χ3v) is 7.23. The molecule has 3 aromatic heterocycles. The van der Waals surface area contributed by atoms with E-state index in [9.17, 15) is 28.2 Å². The number of thiophene rings is 1. The van der Waals surface area contributed by atoms with E-state index in [4.69, 9.17) is 11.6 Å². The van der Waals surface area contributed by atoms with Crippen molar-refractivity contribution in [1.29, 1.82) is 0 Å². The summed E-state index contributed by atoms with van der Waals surface area (Å²) in [4.78, 5) is 16.3. The van der Waals surface area contributed by atoms with Gasteiger partial charge in [0, 0.05) is 29.7 Å². The van der Waals surface area contributed by atoms with E-state index < -0.39 is 35.6 Å². The zero-order valence-corrected chi connectivity index (χ0v) is 20.4. The molecule has 0 bridgehead atoms. The summed E-state index contributed by atoms with van der Waals surface area (Å²) >= 11 is 7.06. The van der Waals surface area contributed by atoms with Crippen LogP contribution in [-0.2, 0) is 12.0 Å². The van der Waals surface area contributed by atoms with Crippen molar-refractivity contribution in [3.8, 4) is 16.9 Å². The molecule has 0 aliphatic heterocycles. The number of phenols is 1. The van der Waals surface area contributed by atoms with E-state index in [-0.39, 0.29) is 26.6 Å². The van der Waals surface area contributed by atoms with Crippen LogP contribution < -0.4 is 5.43 Å². The summed E-state index contributed by atoms with van der Waals surface area (Å²) in [6.45, 7) is 2.19. The first-order valence-electron chi connectivity index (χ1n) is 10.6. The van der Waals surface area contributed by atoms with Crippen molar-refractivity contribution >= 4 is 33.2 Å².